The third kappa shape index (κ3) is 3.10. The van der Waals surface area contributed by atoms with E-state index in [1.807, 2.05) is 0 Å². The van der Waals surface area contributed by atoms with Gasteiger partial charge in [-0.3, -0.25) is 4.79 Å². The van der Waals surface area contributed by atoms with Crippen molar-refractivity contribution in [1.82, 2.24) is 0 Å². The quantitative estimate of drug-likeness (QED) is 0.271. The molecule has 32 heavy (non-hydrogen) atoms. The summed E-state index contributed by atoms with van der Waals surface area (Å²) in [5.74, 6) is 0.0674. The average Bonchev–Trinajstić information content (AvgIpc) is 3.35. The van der Waals surface area contributed by atoms with Crippen LogP contribution in [0, 0.1) is 28.6 Å². The molecule has 1 aliphatic heterocycles. The summed E-state index contributed by atoms with van der Waals surface area (Å²) in [4.78, 5) is 36.1. The van der Waals surface area contributed by atoms with Crippen LogP contribution >= 0.6 is 15.9 Å². The second-order valence-electron chi connectivity index (χ2n) is 10.7. The smallest absolute Gasteiger partial charge is 0.331 e. The van der Waals surface area contributed by atoms with Gasteiger partial charge in [-0.2, -0.15) is 0 Å². The van der Waals surface area contributed by atoms with Crippen LogP contribution in [0.4, 0.5) is 0 Å². The number of cyclic esters (lactones) is 1. The third-order valence-electron chi connectivity index (χ3n) is 9.45. The molecule has 7 heteroatoms. The second kappa shape index (κ2) is 7.79. The highest BCUT2D eigenvalue weighted by Gasteiger charge is 2.65. The minimum Gasteiger partial charge on any atom is -0.462 e. The van der Waals surface area contributed by atoms with Gasteiger partial charge in [0.05, 0.1) is 11.0 Å². The minimum atomic E-state index is -1.13. The lowest BCUT2D eigenvalue weighted by Gasteiger charge is -2.61. The Morgan fingerprint density at radius 3 is 2.81 bits per heavy atom. The zero-order valence-corrected chi connectivity index (χ0v) is 20.1. The van der Waals surface area contributed by atoms with E-state index in [-0.39, 0.29) is 46.5 Å². The summed E-state index contributed by atoms with van der Waals surface area (Å²) in [6, 6.07) is 0. The van der Waals surface area contributed by atoms with Crippen molar-refractivity contribution in [2.45, 2.75) is 70.0 Å². The highest BCUT2D eigenvalue weighted by atomic mass is 79.9. The van der Waals surface area contributed by atoms with E-state index in [0.717, 1.165) is 37.5 Å². The number of carbonyl (C=O) groups is 3. The van der Waals surface area contributed by atoms with E-state index in [1.165, 1.54) is 5.57 Å². The van der Waals surface area contributed by atoms with Crippen LogP contribution in [0.25, 0.3) is 0 Å². The molecule has 0 aromatic heterocycles. The Morgan fingerprint density at radius 2 is 2.12 bits per heavy atom. The fourth-order valence-electron chi connectivity index (χ4n) is 7.96. The predicted octanol–water partition coefficient (Wildman–Crippen LogP) is 3.65. The van der Waals surface area contributed by atoms with Crippen molar-refractivity contribution >= 4 is 34.2 Å². The normalized spacial score (nSPS) is 45.0. The minimum absolute atomic E-state index is 0.0247. The largest absolute Gasteiger partial charge is 0.462 e. The number of allylic oxidation sites excluding steroid dienone is 2. The number of aliphatic hydroxyl groups is 1. The second-order valence-corrected chi connectivity index (χ2v) is 11.2. The Kier molecular flexibility index (Phi) is 5.44. The lowest BCUT2D eigenvalue weighted by molar-refractivity contribution is -0.206. The van der Waals surface area contributed by atoms with E-state index >= 15 is 0 Å². The number of fused-ring (bicyclic) bond motifs is 5. The molecule has 0 aromatic carbocycles. The summed E-state index contributed by atoms with van der Waals surface area (Å²) in [5.41, 5.74) is 0.553. The molecule has 5 aliphatic rings. The van der Waals surface area contributed by atoms with Crippen LogP contribution in [-0.2, 0) is 23.9 Å². The molecule has 1 N–H and O–H groups in total. The van der Waals surface area contributed by atoms with Gasteiger partial charge in [-0.1, -0.05) is 34.5 Å². The van der Waals surface area contributed by atoms with Gasteiger partial charge in [-0.25, -0.2) is 4.79 Å². The van der Waals surface area contributed by atoms with Crippen molar-refractivity contribution in [2.75, 3.05) is 11.9 Å². The zero-order valence-electron chi connectivity index (χ0n) is 18.5. The summed E-state index contributed by atoms with van der Waals surface area (Å²) < 4.78 is 10.7. The number of carbonyl (C=O) groups excluding carboxylic acids is 3. The first-order valence-electron chi connectivity index (χ1n) is 11.8. The van der Waals surface area contributed by atoms with Crippen molar-refractivity contribution in [3.05, 3.63) is 23.3 Å². The van der Waals surface area contributed by atoms with Gasteiger partial charge in [0.15, 0.2) is 0 Å². The Labute approximate surface area is 196 Å². The van der Waals surface area contributed by atoms with Gasteiger partial charge >= 0.3 is 11.9 Å². The molecule has 0 spiro atoms. The maximum Gasteiger partial charge on any atom is 0.331 e. The Hall–Kier alpha value is -1.47. The SMILES string of the molecule is C[C@]12CC[C@H]3[C@@H](CC[C@]4(O)C[C@@H](OC(=O)CBr)CC[C@]34C=O)C1=CC[C@@H]2C1=CC(=O)OC1. The number of hydrogen-bond acceptors (Lipinski definition) is 6. The molecular weight excluding hydrogens is 476 g/mol. The summed E-state index contributed by atoms with van der Waals surface area (Å²) in [6.45, 7) is 2.70. The monoisotopic (exact) mass is 506 g/mol. The third-order valence-corrected chi connectivity index (χ3v) is 9.91. The number of alkyl halides is 1. The molecule has 0 aromatic rings. The summed E-state index contributed by atoms with van der Waals surface area (Å²) in [6.07, 6.45) is 10.3. The van der Waals surface area contributed by atoms with Crippen LogP contribution in [0.1, 0.15) is 58.3 Å². The molecule has 174 valence electrons. The molecular formula is C25H31BrO6. The van der Waals surface area contributed by atoms with Gasteiger partial charge in [-0.15, -0.1) is 0 Å². The topological polar surface area (TPSA) is 89.9 Å². The summed E-state index contributed by atoms with van der Waals surface area (Å²) in [7, 11) is 0. The van der Waals surface area contributed by atoms with E-state index < -0.39 is 11.0 Å². The fourth-order valence-corrected chi connectivity index (χ4v) is 8.10. The molecule has 5 rings (SSSR count). The number of ether oxygens (including phenoxy) is 2. The number of aldehydes is 1. The maximum atomic E-state index is 12.7. The highest BCUT2D eigenvalue weighted by molar-refractivity contribution is 9.09. The molecule has 0 unspecified atom stereocenters. The molecule has 3 fully saturated rings. The van der Waals surface area contributed by atoms with E-state index in [2.05, 4.69) is 28.9 Å². The molecule has 0 bridgehead atoms. The molecule has 0 radical (unpaired) electrons. The average molecular weight is 507 g/mol. The van der Waals surface area contributed by atoms with Gasteiger partial charge in [0.25, 0.3) is 0 Å². The van der Waals surface area contributed by atoms with E-state index in [1.54, 1.807) is 6.08 Å². The molecule has 7 atom stereocenters. The molecule has 0 saturated heterocycles. The van der Waals surface area contributed by atoms with Crippen LogP contribution in [0.2, 0.25) is 0 Å². The maximum absolute atomic E-state index is 12.7. The van der Waals surface area contributed by atoms with Crippen LogP contribution in [0.5, 0.6) is 0 Å². The first-order valence-corrected chi connectivity index (χ1v) is 12.9. The fraction of sp³-hybridized carbons (Fsp3) is 0.720. The molecule has 1 heterocycles. The van der Waals surface area contributed by atoms with E-state index in [0.29, 0.717) is 32.3 Å². The van der Waals surface area contributed by atoms with Crippen LogP contribution in [0.3, 0.4) is 0 Å². The van der Waals surface area contributed by atoms with Crippen molar-refractivity contribution in [3.8, 4) is 0 Å². The van der Waals surface area contributed by atoms with Gasteiger partial charge in [0.1, 0.15) is 24.3 Å². The number of esters is 2. The van der Waals surface area contributed by atoms with Gasteiger partial charge in [-0.05, 0) is 73.7 Å². The first-order chi connectivity index (χ1) is 15.3. The first kappa shape index (κ1) is 22.3. The van der Waals surface area contributed by atoms with Crippen molar-refractivity contribution < 1.29 is 29.0 Å². The van der Waals surface area contributed by atoms with E-state index in [9.17, 15) is 19.5 Å². The van der Waals surface area contributed by atoms with Crippen molar-refractivity contribution in [3.63, 3.8) is 0 Å². The number of halogens is 1. The molecule has 4 aliphatic carbocycles. The predicted molar refractivity (Wildman–Crippen MR) is 120 cm³/mol. The van der Waals surface area contributed by atoms with Crippen molar-refractivity contribution in [1.29, 1.82) is 0 Å². The standard InChI is InChI=1S/C25H31BrO6/c1-23-7-6-20-17(19(23)3-2-18(23)15-10-21(28)31-13-15)5-9-25(30)11-16(32-22(29)12-26)4-8-24(20,25)14-27/h3,10,14,16-18,20,30H,2,4-9,11-13H2,1H3/t16-,17-,18+,20-,23+,24-,25-/m0/s1. The van der Waals surface area contributed by atoms with Gasteiger partial charge in [0.2, 0.25) is 0 Å². The Bertz CT molecular complexity index is 910. The van der Waals surface area contributed by atoms with Crippen LogP contribution < -0.4 is 0 Å². The lowest BCUT2D eigenvalue weighted by atomic mass is 9.44. The molecule has 3 saturated carbocycles. The number of hydrogen-bond donors (Lipinski definition) is 1. The lowest BCUT2D eigenvalue weighted by Crippen LogP contribution is -2.64. The molecule has 6 nitrogen and oxygen atoms in total. The Balaban J connectivity index is 1.41. The van der Waals surface area contributed by atoms with E-state index in [4.69, 9.17) is 9.47 Å². The van der Waals surface area contributed by atoms with Gasteiger partial charge in [0, 0.05) is 12.5 Å². The highest BCUT2D eigenvalue weighted by Crippen LogP contribution is 2.67. The zero-order chi connectivity index (χ0) is 22.7. The van der Waals surface area contributed by atoms with Crippen LogP contribution in [-0.4, -0.2) is 47.0 Å². The summed E-state index contributed by atoms with van der Waals surface area (Å²) in [5, 5.41) is 11.9. The van der Waals surface area contributed by atoms with Crippen LogP contribution in [0.15, 0.2) is 23.3 Å². The van der Waals surface area contributed by atoms with Gasteiger partial charge < -0.3 is 19.4 Å². The van der Waals surface area contributed by atoms with Crippen molar-refractivity contribution in [2.24, 2.45) is 28.6 Å². The Morgan fingerprint density at radius 1 is 1.31 bits per heavy atom. The summed E-state index contributed by atoms with van der Waals surface area (Å²) >= 11 is 3.13. The number of rotatable bonds is 4. The molecule has 0 amide bonds.